The van der Waals surface area contributed by atoms with Crippen LogP contribution in [0.3, 0.4) is 0 Å². The van der Waals surface area contributed by atoms with E-state index >= 15 is 0 Å². The summed E-state index contributed by atoms with van der Waals surface area (Å²) >= 11 is 0. The summed E-state index contributed by atoms with van der Waals surface area (Å²) in [5.74, 6) is 2.74. The van der Waals surface area contributed by atoms with Gasteiger partial charge in [-0.25, -0.2) is 4.68 Å². The van der Waals surface area contributed by atoms with Gasteiger partial charge in [-0.1, -0.05) is 18.2 Å². The van der Waals surface area contributed by atoms with Gasteiger partial charge in [0.25, 0.3) is 0 Å². The molecular formula is C18H24N4O. The molecule has 0 saturated heterocycles. The van der Waals surface area contributed by atoms with Gasteiger partial charge in [0, 0.05) is 43.2 Å². The highest BCUT2D eigenvalue weighted by atomic mass is 16.5. The van der Waals surface area contributed by atoms with Gasteiger partial charge < -0.3 is 15.4 Å². The second kappa shape index (κ2) is 6.24. The number of anilines is 1. The Hall–Kier alpha value is -2.01. The lowest BCUT2D eigenvalue weighted by Crippen LogP contribution is -2.36. The van der Waals surface area contributed by atoms with Gasteiger partial charge in [-0.05, 0) is 25.8 Å². The first-order valence-corrected chi connectivity index (χ1v) is 8.53. The van der Waals surface area contributed by atoms with Gasteiger partial charge in [-0.2, -0.15) is 5.10 Å². The Morgan fingerprint density at radius 3 is 3.26 bits per heavy atom. The summed E-state index contributed by atoms with van der Waals surface area (Å²) in [6.45, 7) is 5.83. The summed E-state index contributed by atoms with van der Waals surface area (Å²) in [5, 5.41) is 11.8. The number of aromatic nitrogens is 2. The molecular weight excluding hydrogens is 288 g/mol. The summed E-state index contributed by atoms with van der Waals surface area (Å²) in [6.07, 6.45) is 2.22. The Bertz CT molecular complexity index is 681. The average Bonchev–Trinajstić information content (AvgIpc) is 2.81. The number of rotatable bonds is 3. The van der Waals surface area contributed by atoms with Crippen LogP contribution in [0, 0.1) is 12.8 Å². The van der Waals surface area contributed by atoms with Crippen molar-refractivity contribution in [1.82, 2.24) is 15.1 Å². The quantitative estimate of drug-likeness (QED) is 0.915. The van der Waals surface area contributed by atoms with Crippen LogP contribution in [-0.2, 0) is 6.54 Å². The Labute approximate surface area is 137 Å². The van der Waals surface area contributed by atoms with Gasteiger partial charge in [0.1, 0.15) is 11.6 Å². The molecule has 1 aromatic carbocycles. The van der Waals surface area contributed by atoms with Crippen molar-refractivity contribution in [3.63, 3.8) is 0 Å². The highest BCUT2D eigenvalue weighted by Gasteiger charge is 2.23. The summed E-state index contributed by atoms with van der Waals surface area (Å²) in [4.78, 5) is 0. The lowest BCUT2D eigenvalue weighted by atomic mass is 10.0. The van der Waals surface area contributed by atoms with E-state index in [0.29, 0.717) is 12.0 Å². The number of nitrogens with zero attached hydrogens (tertiary/aromatic N) is 2. The number of aryl methyl sites for hydroxylation is 1. The van der Waals surface area contributed by atoms with Gasteiger partial charge in [0.05, 0.1) is 12.3 Å². The van der Waals surface area contributed by atoms with E-state index in [1.807, 2.05) is 13.0 Å². The number of nitrogens with one attached hydrogen (secondary N) is 2. The molecule has 5 nitrogen and oxygen atoms in total. The van der Waals surface area contributed by atoms with Crippen LogP contribution >= 0.6 is 0 Å². The fourth-order valence-corrected chi connectivity index (χ4v) is 3.57. The van der Waals surface area contributed by atoms with Crippen LogP contribution in [0.25, 0.3) is 0 Å². The topological polar surface area (TPSA) is 51.1 Å². The molecule has 0 bridgehead atoms. The van der Waals surface area contributed by atoms with Crippen molar-refractivity contribution in [1.29, 1.82) is 0 Å². The zero-order valence-corrected chi connectivity index (χ0v) is 13.6. The molecule has 122 valence electrons. The van der Waals surface area contributed by atoms with Gasteiger partial charge in [-0.15, -0.1) is 0 Å². The fourth-order valence-electron chi connectivity index (χ4n) is 3.57. The first-order valence-electron chi connectivity index (χ1n) is 8.53. The lowest BCUT2D eigenvalue weighted by Gasteiger charge is -2.27. The van der Waals surface area contributed by atoms with Crippen molar-refractivity contribution in [2.24, 2.45) is 5.92 Å². The van der Waals surface area contributed by atoms with E-state index in [0.717, 1.165) is 56.3 Å². The Morgan fingerprint density at radius 2 is 2.30 bits per heavy atom. The number of benzene rings is 1. The molecule has 0 radical (unpaired) electrons. The molecule has 3 heterocycles. The predicted molar refractivity (Wildman–Crippen MR) is 90.9 cm³/mol. The number of hydrogen-bond acceptors (Lipinski definition) is 4. The van der Waals surface area contributed by atoms with Gasteiger partial charge in [-0.3, -0.25) is 0 Å². The third kappa shape index (κ3) is 3.06. The molecule has 2 aromatic rings. The summed E-state index contributed by atoms with van der Waals surface area (Å²) in [6, 6.07) is 10.9. The maximum atomic E-state index is 5.85. The zero-order chi connectivity index (χ0) is 15.6. The van der Waals surface area contributed by atoms with Crippen LogP contribution in [0.15, 0.2) is 30.3 Å². The molecule has 2 aliphatic heterocycles. The van der Waals surface area contributed by atoms with E-state index in [1.54, 1.807) is 0 Å². The third-order valence-corrected chi connectivity index (χ3v) is 4.75. The Balaban J connectivity index is 1.41. The number of para-hydroxylation sites is 1. The molecule has 23 heavy (non-hydrogen) atoms. The van der Waals surface area contributed by atoms with E-state index in [2.05, 4.69) is 44.7 Å². The van der Waals surface area contributed by atoms with E-state index in [1.165, 1.54) is 5.56 Å². The summed E-state index contributed by atoms with van der Waals surface area (Å²) < 4.78 is 7.95. The average molecular weight is 312 g/mol. The van der Waals surface area contributed by atoms with Gasteiger partial charge >= 0.3 is 0 Å². The van der Waals surface area contributed by atoms with E-state index in [-0.39, 0.29) is 0 Å². The van der Waals surface area contributed by atoms with E-state index < -0.39 is 0 Å². The Morgan fingerprint density at radius 1 is 1.39 bits per heavy atom. The van der Waals surface area contributed by atoms with Crippen molar-refractivity contribution in [2.45, 2.75) is 32.4 Å². The molecule has 1 aromatic heterocycles. The van der Waals surface area contributed by atoms with Gasteiger partial charge in [0.2, 0.25) is 0 Å². The van der Waals surface area contributed by atoms with Crippen LogP contribution < -0.4 is 15.4 Å². The molecule has 0 fully saturated rings. The highest BCUT2D eigenvalue weighted by Crippen LogP contribution is 2.31. The minimum absolute atomic E-state index is 0.384. The second-order valence-corrected chi connectivity index (χ2v) is 6.59. The van der Waals surface area contributed by atoms with Gasteiger partial charge in [0.15, 0.2) is 0 Å². The number of ether oxygens (including phenoxy) is 1. The van der Waals surface area contributed by atoms with Crippen LogP contribution in [0.4, 0.5) is 5.82 Å². The molecule has 2 N–H and O–H groups in total. The molecule has 0 amide bonds. The molecule has 2 atom stereocenters. The minimum Gasteiger partial charge on any atom is -0.493 e. The molecule has 2 unspecified atom stereocenters. The molecule has 0 aliphatic carbocycles. The molecule has 2 aliphatic rings. The third-order valence-electron chi connectivity index (χ3n) is 4.75. The Kier molecular flexibility index (Phi) is 3.95. The van der Waals surface area contributed by atoms with Crippen LogP contribution in [0.1, 0.15) is 30.1 Å². The van der Waals surface area contributed by atoms with Crippen LogP contribution in [0.5, 0.6) is 5.75 Å². The van der Waals surface area contributed by atoms with Crippen molar-refractivity contribution in [2.75, 3.05) is 25.0 Å². The first kappa shape index (κ1) is 14.6. The van der Waals surface area contributed by atoms with E-state index in [4.69, 9.17) is 4.74 Å². The van der Waals surface area contributed by atoms with Crippen molar-refractivity contribution in [3.05, 3.63) is 41.6 Å². The highest BCUT2D eigenvalue weighted by molar-refractivity contribution is 5.38. The normalized spacial score (nSPS) is 23.2. The van der Waals surface area contributed by atoms with Crippen LogP contribution in [0.2, 0.25) is 0 Å². The molecule has 5 heteroatoms. The molecule has 0 saturated carbocycles. The SMILES string of the molecule is Cc1cc2n(n1)CC(CNC1CCCOc3ccccc31)CN2. The molecule has 0 spiro atoms. The van der Waals surface area contributed by atoms with Crippen LogP contribution in [-0.4, -0.2) is 29.5 Å². The maximum Gasteiger partial charge on any atom is 0.124 e. The first-order chi connectivity index (χ1) is 11.3. The number of hydrogen-bond donors (Lipinski definition) is 2. The largest absolute Gasteiger partial charge is 0.493 e. The summed E-state index contributed by atoms with van der Waals surface area (Å²) in [5.41, 5.74) is 2.38. The smallest absolute Gasteiger partial charge is 0.124 e. The van der Waals surface area contributed by atoms with Crippen molar-refractivity contribution in [3.8, 4) is 5.75 Å². The molecule has 4 rings (SSSR count). The second-order valence-electron chi connectivity index (χ2n) is 6.59. The zero-order valence-electron chi connectivity index (χ0n) is 13.6. The standard InChI is InChI=1S/C18H24N4O/c1-13-9-18-20-11-14(12-22(18)21-13)10-19-16-6-4-8-23-17-7-3-2-5-15(16)17/h2-3,5,7,9,14,16,19-20H,4,6,8,10-12H2,1H3. The maximum absolute atomic E-state index is 5.85. The van der Waals surface area contributed by atoms with Crippen molar-refractivity contribution < 1.29 is 4.74 Å². The number of fused-ring (bicyclic) bond motifs is 2. The fraction of sp³-hybridized carbons (Fsp3) is 0.500. The lowest BCUT2D eigenvalue weighted by molar-refractivity contribution is 0.313. The monoisotopic (exact) mass is 312 g/mol. The van der Waals surface area contributed by atoms with E-state index in [9.17, 15) is 0 Å². The summed E-state index contributed by atoms with van der Waals surface area (Å²) in [7, 11) is 0. The predicted octanol–water partition coefficient (Wildman–Crippen LogP) is 2.74. The van der Waals surface area contributed by atoms with Crippen molar-refractivity contribution >= 4 is 5.82 Å². The minimum atomic E-state index is 0.384.